The molecule has 1 aromatic carbocycles. The smallest absolute Gasteiger partial charge is 0.210 e. The first-order valence-electron chi connectivity index (χ1n) is 4.21. The quantitative estimate of drug-likeness (QED) is 0.460. The van der Waals surface area contributed by atoms with Crippen molar-refractivity contribution >= 4 is 22.9 Å². The standard InChI is InChI=1S/C9H11N5/c1-14-7-5-3-2-4-6(7)12-9(14)13-8(10)11/h2-5H,1H3,(H4,10,11,12,13). The van der Waals surface area contributed by atoms with Crippen LogP contribution in [0.15, 0.2) is 24.3 Å². The average molecular weight is 189 g/mol. The zero-order valence-corrected chi connectivity index (χ0v) is 7.78. The SMILES string of the molecule is Cn1c(NC(=N)N)nc2ccccc21. The van der Waals surface area contributed by atoms with Gasteiger partial charge < -0.3 is 10.3 Å². The Morgan fingerprint density at radius 1 is 1.50 bits per heavy atom. The number of nitrogens with zero attached hydrogens (tertiary/aromatic N) is 2. The number of rotatable bonds is 1. The number of aryl methyl sites for hydroxylation is 1. The van der Waals surface area contributed by atoms with Crippen molar-refractivity contribution in [1.29, 1.82) is 5.41 Å². The van der Waals surface area contributed by atoms with Gasteiger partial charge in [0.15, 0.2) is 5.96 Å². The Bertz CT molecular complexity index is 485. The van der Waals surface area contributed by atoms with Crippen LogP contribution in [0.1, 0.15) is 0 Å². The molecule has 72 valence electrons. The maximum absolute atomic E-state index is 7.12. The van der Waals surface area contributed by atoms with Crippen molar-refractivity contribution in [1.82, 2.24) is 9.55 Å². The molecule has 2 rings (SSSR count). The van der Waals surface area contributed by atoms with Gasteiger partial charge in [0, 0.05) is 7.05 Å². The van der Waals surface area contributed by atoms with E-state index in [1.165, 1.54) is 0 Å². The van der Waals surface area contributed by atoms with Crippen molar-refractivity contribution in [3.8, 4) is 0 Å². The number of benzene rings is 1. The third-order valence-electron chi connectivity index (χ3n) is 2.03. The number of guanidine groups is 1. The monoisotopic (exact) mass is 189 g/mol. The Hall–Kier alpha value is -2.04. The molecule has 0 aliphatic carbocycles. The number of anilines is 1. The minimum absolute atomic E-state index is 0.108. The molecule has 5 nitrogen and oxygen atoms in total. The van der Waals surface area contributed by atoms with Crippen LogP contribution in [-0.2, 0) is 7.05 Å². The zero-order chi connectivity index (χ0) is 10.1. The van der Waals surface area contributed by atoms with E-state index in [0.29, 0.717) is 5.95 Å². The lowest BCUT2D eigenvalue weighted by molar-refractivity contribution is 0.959. The van der Waals surface area contributed by atoms with Crippen LogP contribution >= 0.6 is 0 Å². The number of fused-ring (bicyclic) bond motifs is 1. The van der Waals surface area contributed by atoms with E-state index in [2.05, 4.69) is 10.3 Å². The van der Waals surface area contributed by atoms with Crippen LogP contribution in [0.3, 0.4) is 0 Å². The first-order chi connectivity index (χ1) is 6.68. The number of nitrogens with two attached hydrogens (primary N) is 1. The van der Waals surface area contributed by atoms with Gasteiger partial charge in [-0.2, -0.15) is 0 Å². The van der Waals surface area contributed by atoms with Crippen LogP contribution in [0.25, 0.3) is 11.0 Å². The van der Waals surface area contributed by atoms with Crippen molar-refractivity contribution in [2.45, 2.75) is 0 Å². The van der Waals surface area contributed by atoms with Gasteiger partial charge in [-0.3, -0.25) is 10.7 Å². The molecule has 4 N–H and O–H groups in total. The molecule has 0 unspecified atom stereocenters. The fourth-order valence-corrected chi connectivity index (χ4v) is 1.38. The van der Waals surface area contributed by atoms with Crippen LogP contribution in [0, 0.1) is 5.41 Å². The molecule has 0 bridgehead atoms. The summed E-state index contributed by atoms with van der Waals surface area (Å²) in [4.78, 5) is 4.28. The molecule has 0 fully saturated rings. The maximum atomic E-state index is 7.12. The Balaban J connectivity index is 2.57. The van der Waals surface area contributed by atoms with Crippen LogP contribution in [0.4, 0.5) is 5.95 Å². The molecule has 0 amide bonds. The molecular weight excluding hydrogens is 178 g/mol. The van der Waals surface area contributed by atoms with Gasteiger partial charge in [-0.15, -0.1) is 0 Å². The predicted molar refractivity (Wildman–Crippen MR) is 56.3 cm³/mol. The number of hydrogen-bond acceptors (Lipinski definition) is 2. The Morgan fingerprint density at radius 3 is 2.86 bits per heavy atom. The highest BCUT2D eigenvalue weighted by Gasteiger charge is 2.06. The number of hydrogen-bond donors (Lipinski definition) is 3. The molecule has 0 atom stereocenters. The minimum atomic E-state index is -0.108. The molecule has 2 aromatic rings. The van der Waals surface area contributed by atoms with Crippen LogP contribution in [0.2, 0.25) is 0 Å². The van der Waals surface area contributed by atoms with Gasteiger partial charge in [-0.05, 0) is 12.1 Å². The lowest BCUT2D eigenvalue weighted by atomic mass is 10.3. The molecule has 0 radical (unpaired) electrons. The maximum Gasteiger partial charge on any atom is 0.210 e. The Labute approximate surface area is 81.1 Å². The van der Waals surface area contributed by atoms with E-state index in [0.717, 1.165) is 11.0 Å². The Morgan fingerprint density at radius 2 is 2.21 bits per heavy atom. The summed E-state index contributed by atoms with van der Waals surface area (Å²) in [6.45, 7) is 0. The predicted octanol–water partition coefficient (Wildman–Crippen LogP) is 0.879. The lowest BCUT2D eigenvalue weighted by Gasteiger charge is -2.02. The highest BCUT2D eigenvalue weighted by atomic mass is 15.2. The fourth-order valence-electron chi connectivity index (χ4n) is 1.38. The van der Waals surface area contributed by atoms with Gasteiger partial charge >= 0.3 is 0 Å². The van der Waals surface area contributed by atoms with Gasteiger partial charge in [0.2, 0.25) is 5.95 Å². The second-order valence-corrected chi connectivity index (χ2v) is 3.02. The van der Waals surface area contributed by atoms with E-state index in [4.69, 9.17) is 11.1 Å². The van der Waals surface area contributed by atoms with Crippen molar-refractivity contribution in [2.75, 3.05) is 5.32 Å². The first-order valence-corrected chi connectivity index (χ1v) is 4.21. The van der Waals surface area contributed by atoms with Crippen molar-refractivity contribution in [2.24, 2.45) is 12.8 Å². The van der Waals surface area contributed by atoms with Gasteiger partial charge in [-0.25, -0.2) is 4.98 Å². The molecule has 5 heteroatoms. The van der Waals surface area contributed by atoms with E-state index in [-0.39, 0.29) is 5.96 Å². The van der Waals surface area contributed by atoms with Gasteiger partial charge in [-0.1, -0.05) is 12.1 Å². The van der Waals surface area contributed by atoms with Crippen molar-refractivity contribution in [3.63, 3.8) is 0 Å². The van der Waals surface area contributed by atoms with E-state index in [1.807, 2.05) is 35.9 Å². The third-order valence-corrected chi connectivity index (χ3v) is 2.03. The van der Waals surface area contributed by atoms with Crippen molar-refractivity contribution < 1.29 is 0 Å². The summed E-state index contributed by atoms with van der Waals surface area (Å²) in [6.07, 6.45) is 0. The molecule has 1 aromatic heterocycles. The molecule has 0 saturated carbocycles. The summed E-state index contributed by atoms with van der Waals surface area (Å²) in [5.74, 6) is 0.474. The van der Waals surface area contributed by atoms with Crippen LogP contribution in [0.5, 0.6) is 0 Å². The summed E-state index contributed by atoms with van der Waals surface area (Å²) in [5, 5.41) is 9.79. The first kappa shape index (κ1) is 8.55. The second-order valence-electron chi connectivity index (χ2n) is 3.02. The highest BCUT2D eigenvalue weighted by Crippen LogP contribution is 2.16. The number of aromatic nitrogens is 2. The second kappa shape index (κ2) is 3.02. The summed E-state index contributed by atoms with van der Waals surface area (Å²) in [6, 6.07) is 7.75. The summed E-state index contributed by atoms with van der Waals surface area (Å²) in [7, 11) is 1.88. The molecule has 0 saturated heterocycles. The summed E-state index contributed by atoms with van der Waals surface area (Å²) >= 11 is 0. The number of imidazole rings is 1. The van der Waals surface area contributed by atoms with E-state index >= 15 is 0 Å². The highest BCUT2D eigenvalue weighted by molar-refractivity contribution is 5.90. The van der Waals surface area contributed by atoms with Gasteiger partial charge in [0.05, 0.1) is 11.0 Å². The van der Waals surface area contributed by atoms with E-state index < -0.39 is 0 Å². The summed E-state index contributed by atoms with van der Waals surface area (Å²) < 4.78 is 1.86. The largest absolute Gasteiger partial charge is 0.370 e. The van der Waals surface area contributed by atoms with Gasteiger partial charge in [0.25, 0.3) is 0 Å². The number of para-hydroxylation sites is 2. The molecule has 0 aliphatic heterocycles. The fraction of sp³-hybridized carbons (Fsp3) is 0.111. The Kier molecular flexibility index (Phi) is 1.85. The van der Waals surface area contributed by atoms with Crippen LogP contribution < -0.4 is 11.1 Å². The van der Waals surface area contributed by atoms with Gasteiger partial charge in [0.1, 0.15) is 0 Å². The van der Waals surface area contributed by atoms with Crippen LogP contribution in [-0.4, -0.2) is 15.5 Å². The van der Waals surface area contributed by atoms with E-state index in [9.17, 15) is 0 Å². The minimum Gasteiger partial charge on any atom is -0.370 e. The molecule has 0 spiro atoms. The zero-order valence-electron chi connectivity index (χ0n) is 7.78. The molecule has 1 heterocycles. The topological polar surface area (TPSA) is 79.7 Å². The van der Waals surface area contributed by atoms with Crippen molar-refractivity contribution in [3.05, 3.63) is 24.3 Å². The molecular formula is C9H11N5. The molecule has 0 aliphatic rings. The third kappa shape index (κ3) is 1.28. The normalized spacial score (nSPS) is 10.4. The summed E-state index contributed by atoms with van der Waals surface area (Å²) in [5.41, 5.74) is 7.13. The van der Waals surface area contributed by atoms with E-state index in [1.54, 1.807) is 0 Å². The molecule has 14 heavy (non-hydrogen) atoms. The lowest BCUT2D eigenvalue weighted by Crippen LogP contribution is -2.22. The average Bonchev–Trinajstić information content (AvgIpc) is 2.44. The number of nitrogens with one attached hydrogen (secondary N) is 2.